The molecule has 5 heteroatoms. The van der Waals surface area contributed by atoms with E-state index in [1.54, 1.807) is 7.11 Å². The van der Waals surface area contributed by atoms with Crippen molar-refractivity contribution < 1.29 is 9.47 Å². The van der Waals surface area contributed by atoms with Crippen LogP contribution in [0.1, 0.15) is 24.2 Å². The first-order valence-electron chi connectivity index (χ1n) is 5.95. The van der Waals surface area contributed by atoms with E-state index < -0.39 is 0 Å². The smallest absolute Gasteiger partial charge is 0.0700 e. The molecule has 0 radical (unpaired) electrons. The molecule has 1 heterocycles. The molecule has 0 amide bonds. The third-order valence-corrected chi connectivity index (χ3v) is 2.65. The minimum Gasteiger partial charge on any atom is -0.382 e. The van der Waals surface area contributed by atoms with Crippen LogP contribution in [0.25, 0.3) is 0 Å². The highest BCUT2D eigenvalue weighted by molar-refractivity contribution is 5.19. The van der Waals surface area contributed by atoms with Crippen molar-refractivity contribution in [2.24, 2.45) is 7.05 Å². The first-order valence-corrected chi connectivity index (χ1v) is 5.95. The van der Waals surface area contributed by atoms with E-state index in [0.717, 1.165) is 12.2 Å². The summed E-state index contributed by atoms with van der Waals surface area (Å²) in [5.74, 6) is 0. The van der Waals surface area contributed by atoms with Gasteiger partial charge in [0, 0.05) is 38.5 Å². The Labute approximate surface area is 103 Å². The van der Waals surface area contributed by atoms with Gasteiger partial charge < -0.3 is 14.8 Å². The van der Waals surface area contributed by atoms with Crippen LogP contribution in [0.3, 0.4) is 0 Å². The van der Waals surface area contributed by atoms with Crippen LogP contribution < -0.4 is 5.32 Å². The van der Waals surface area contributed by atoms with Crippen molar-refractivity contribution in [3.63, 3.8) is 0 Å². The Kier molecular flexibility index (Phi) is 6.18. The van der Waals surface area contributed by atoms with Crippen LogP contribution in [-0.4, -0.2) is 43.3 Å². The van der Waals surface area contributed by atoms with Gasteiger partial charge >= 0.3 is 0 Å². The summed E-state index contributed by atoms with van der Waals surface area (Å²) in [6.45, 7) is 7.00. The fourth-order valence-corrected chi connectivity index (χ4v) is 1.74. The molecule has 98 valence electrons. The van der Waals surface area contributed by atoms with Crippen molar-refractivity contribution in [2.75, 3.05) is 33.5 Å². The lowest BCUT2D eigenvalue weighted by molar-refractivity contribution is 0.0712. The van der Waals surface area contributed by atoms with E-state index in [4.69, 9.17) is 9.47 Å². The van der Waals surface area contributed by atoms with Gasteiger partial charge in [0.2, 0.25) is 0 Å². The summed E-state index contributed by atoms with van der Waals surface area (Å²) >= 11 is 0. The molecule has 1 rings (SSSR count). The number of nitrogens with one attached hydrogen (secondary N) is 1. The summed E-state index contributed by atoms with van der Waals surface area (Å²) in [6.07, 6.45) is 2.05. The molecular weight excluding hydrogens is 218 g/mol. The first-order chi connectivity index (χ1) is 8.15. The summed E-state index contributed by atoms with van der Waals surface area (Å²) in [6, 6.07) is 0.301. The molecule has 0 aliphatic heterocycles. The second-order valence-electron chi connectivity index (χ2n) is 4.12. The third kappa shape index (κ3) is 4.85. The summed E-state index contributed by atoms with van der Waals surface area (Å²) in [5.41, 5.74) is 2.32. The van der Waals surface area contributed by atoms with E-state index >= 15 is 0 Å². The van der Waals surface area contributed by atoms with Gasteiger partial charge in [0.1, 0.15) is 0 Å². The van der Waals surface area contributed by atoms with E-state index in [9.17, 15) is 0 Å². The van der Waals surface area contributed by atoms with Crippen molar-refractivity contribution in [1.29, 1.82) is 0 Å². The standard InChI is InChI=1S/C12H23N3O2/c1-10(12-9-15(3)14-11(12)2)13-5-6-17-8-7-16-4/h9-10,13H,5-8H2,1-4H3. The van der Waals surface area contributed by atoms with Gasteiger partial charge in [0.25, 0.3) is 0 Å². The monoisotopic (exact) mass is 241 g/mol. The topological polar surface area (TPSA) is 48.3 Å². The van der Waals surface area contributed by atoms with Crippen LogP contribution in [0.4, 0.5) is 0 Å². The second-order valence-corrected chi connectivity index (χ2v) is 4.12. The minimum absolute atomic E-state index is 0.301. The number of hydrogen-bond donors (Lipinski definition) is 1. The van der Waals surface area contributed by atoms with Crippen molar-refractivity contribution in [3.8, 4) is 0 Å². The maximum absolute atomic E-state index is 5.39. The Morgan fingerprint density at radius 1 is 1.41 bits per heavy atom. The molecule has 0 saturated carbocycles. The van der Waals surface area contributed by atoms with Crippen LogP contribution >= 0.6 is 0 Å². The molecule has 1 atom stereocenters. The van der Waals surface area contributed by atoms with Gasteiger partial charge in [-0.1, -0.05) is 0 Å². The lowest BCUT2D eigenvalue weighted by Crippen LogP contribution is -2.24. The van der Waals surface area contributed by atoms with E-state index in [2.05, 4.69) is 23.5 Å². The van der Waals surface area contributed by atoms with E-state index in [1.807, 2.05) is 18.7 Å². The van der Waals surface area contributed by atoms with Gasteiger partial charge in [-0.2, -0.15) is 5.10 Å². The van der Waals surface area contributed by atoms with Crippen molar-refractivity contribution in [1.82, 2.24) is 15.1 Å². The maximum Gasteiger partial charge on any atom is 0.0700 e. The SMILES string of the molecule is COCCOCCNC(C)c1cn(C)nc1C. The molecule has 0 aromatic carbocycles. The zero-order chi connectivity index (χ0) is 12.7. The molecule has 0 aliphatic rings. The number of aromatic nitrogens is 2. The van der Waals surface area contributed by atoms with Gasteiger partial charge in [-0.25, -0.2) is 0 Å². The van der Waals surface area contributed by atoms with Crippen LogP contribution in [0.2, 0.25) is 0 Å². The molecule has 5 nitrogen and oxygen atoms in total. The Hall–Kier alpha value is -0.910. The molecule has 0 saturated heterocycles. The second kappa shape index (κ2) is 7.42. The predicted molar refractivity (Wildman–Crippen MR) is 67.1 cm³/mol. The highest BCUT2D eigenvalue weighted by atomic mass is 16.5. The number of nitrogens with zero attached hydrogens (tertiary/aromatic N) is 2. The molecule has 1 unspecified atom stereocenters. The van der Waals surface area contributed by atoms with Crippen molar-refractivity contribution in [2.45, 2.75) is 19.9 Å². The zero-order valence-electron chi connectivity index (χ0n) is 11.2. The van der Waals surface area contributed by atoms with E-state index in [1.165, 1.54) is 5.56 Å². The zero-order valence-corrected chi connectivity index (χ0v) is 11.2. The predicted octanol–water partition coefficient (Wildman–Crippen LogP) is 1.04. The number of ether oxygens (including phenoxy) is 2. The molecule has 1 N–H and O–H groups in total. The molecule has 0 fully saturated rings. The highest BCUT2D eigenvalue weighted by Crippen LogP contribution is 2.14. The first kappa shape index (κ1) is 14.2. The van der Waals surface area contributed by atoms with Gasteiger partial charge in [0.05, 0.1) is 25.5 Å². The van der Waals surface area contributed by atoms with Crippen LogP contribution in [0.15, 0.2) is 6.20 Å². The summed E-state index contributed by atoms with van der Waals surface area (Å²) in [7, 11) is 3.62. The fraction of sp³-hybridized carbons (Fsp3) is 0.750. The average Bonchev–Trinajstić information content (AvgIpc) is 2.62. The van der Waals surface area contributed by atoms with E-state index in [0.29, 0.717) is 25.9 Å². The number of hydrogen-bond acceptors (Lipinski definition) is 4. The minimum atomic E-state index is 0.301. The fourth-order valence-electron chi connectivity index (χ4n) is 1.74. The van der Waals surface area contributed by atoms with E-state index in [-0.39, 0.29) is 0 Å². The van der Waals surface area contributed by atoms with Crippen molar-refractivity contribution >= 4 is 0 Å². The van der Waals surface area contributed by atoms with Gasteiger partial charge in [0.15, 0.2) is 0 Å². The lowest BCUT2D eigenvalue weighted by atomic mass is 10.1. The molecule has 17 heavy (non-hydrogen) atoms. The Bertz CT molecular complexity index is 326. The largest absolute Gasteiger partial charge is 0.382 e. The lowest BCUT2D eigenvalue weighted by Gasteiger charge is -2.13. The van der Waals surface area contributed by atoms with Crippen LogP contribution in [0.5, 0.6) is 0 Å². The third-order valence-electron chi connectivity index (χ3n) is 2.65. The molecule has 0 spiro atoms. The van der Waals surface area contributed by atoms with Crippen molar-refractivity contribution in [3.05, 3.63) is 17.5 Å². The maximum atomic E-state index is 5.39. The Morgan fingerprint density at radius 2 is 2.18 bits per heavy atom. The average molecular weight is 241 g/mol. The molecule has 1 aromatic heterocycles. The molecule has 1 aromatic rings. The highest BCUT2D eigenvalue weighted by Gasteiger charge is 2.10. The molecule has 0 bridgehead atoms. The number of rotatable bonds is 8. The van der Waals surface area contributed by atoms with Gasteiger partial charge in [-0.05, 0) is 13.8 Å². The summed E-state index contributed by atoms with van der Waals surface area (Å²) in [4.78, 5) is 0. The quantitative estimate of drug-likeness (QED) is 0.691. The normalized spacial score (nSPS) is 12.9. The van der Waals surface area contributed by atoms with Crippen LogP contribution in [-0.2, 0) is 16.5 Å². The summed E-state index contributed by atoms with van der Waals surface area (Å²) < 4.78 is 12.1. The van der Waals surface area contributed by atoms with Gasteiger partial charge in [-0.15, -0.1) is 0 Å². The van der Waals surface area contributed by atoms with Crippen LogP contribution in [0, 0.1) is 6.92 Å². The molecular formula is C12H23N3O2. The van der Waals surface area contributed by atoms with Gasteiger partial charge in [-0.3, -0.25) is 4.68 Å². The Balaban J connectivity index is 2.21. The number of methoxy groups -OCH3 is 1. The summed E-state index contributed by atoms with van der Waals surface area (Å²) in [5, 5.41) is 7.74. The number of aryl methyl sites for hydroxylation is 2. The Morgan fingerprint density at radius 3 is 2.76 bits per heavy atom. The molecule has 0 aliphatic carbocycles.